The molecule has 9 nitrogen and oxygen atoms in total. The number of hydrogen-bond donors (Lipinski definition) is 5. The minimum atomic E-state index is -0.655. The topological polar surface area (TPSA) is 138 Å². The molecule has 4 bridgehead atoms. The summed E-state index contributed by atoms with van der Waals surface area (Å²) in [4.78, 5) is 16.5. The number of phenolic OH excluding ortho intramolecular Hbond substituents is 1. The zero-order chi connectivity index (χ0) is 30.4. The average Bonchev–Trinajstić information content (AvgIpc) is 2.99. The number of nitrogens with zero attached hydrogens (tertiary/aromatic N) is 1. The van der Waals surface area contributed by atoms with Crippen molar-refractivity contribution in [3.63, 3.8) is 0 Å². The number of hydrogen-bond acceptors (Lipinski definition) is 7. The van der Waals surface area contributed by atoms with Gasteiger partial charge in [0.25, 0.3) is 0 Å². The van der Waals surface area contributed by atoms with E-state index in [1.807, 2.05) is 12.1 Å². The maximum Gasteiger partial charge on any atom is 0.302 e. The Labute approximate surface area is 255 Å². The summed E-state index contributed by atoms with van der Waals surface area (Å²) in [5.74, 6) is 7.91. The molecule has 9 heteroatoms. The number of benzene rings is 1. The number of aliphatic hydroxyl groups excluding tert-OH is 1. The lowest BCUT2D eigenvalue weighted by Gasteiger charge is -2.40. The van der Waals surface area contributed by atoms with E-state index in [1.54, 1.807) is 13.1 Å². The van der Waals surface area contributed by atoms with Crippen LogP contribution in [0.5, 0.6) is 11.5 Å². The fourth-order valence-corrected chi connectivity index (χ4v) is 7.41. The molecule has 1 saturated heterocycles. The predicted octanol–water partition coefficient (Wildman–Crippen LogP) is 3.57. The molecule has 0 radical (unpaired) electrons. The molecule has 2 aliphatic heterocycles. The predicted molar refractivity (Wildman–Crippen MR) is 167 cm³/mol. The molecule has 1 aromatic rings. The molecular formula is C34H48N4O5. The zero-order valence-corrected chi connectivity index (χ0v) is 25.6. The number of fused-ring (bicyclic) bond motifs is 5. The summed E-state index contributed by atoms with van der Waals surface area (Å²) in [5.41, 5.74) is 6.71. The number of nitrogens with two attached hydrogens (primary N) is 1. The van der Waals surface area contributed by atoms with Crippen LogP contribution in [-0.4, -0.2) is 66.1 Å². The van der Waals surface area contributed by atoms with Crippen molar-refractivity contribution in [3.05, 3.63) is 35.9 Å². The average molecular weight is 593 g/mol. The zero-order valence-electron chi connectivity index (χ0n) is 25.6. The number of esters is 1. The van der Waals surface area contributed by atoms with E-state index < -0.39 is 17.6 Å². The Bertz CT molecular complexity index is 1250. The number of allylic oxidation sites excluding steroid dienone is 1. The van der Waals surface area contributed by atoms with Gasteiger partial charge >= 0.3 is 5.97 Å². The van der Waals surface area contributed by atoms with Crippen molar-refractivity contribution in [2.45, 2.75) is 108 Å². The summed E-state index contributed by atoms with van der Waals surface area (Å²) in [6, 6.07) is 5.73. The van der Waals surface area contributed by atoms with Gasteiger partial charge in [0.1, 0.15) is 12.2 Å². The lowest BCUT2D eigenvalue weighted by Crippen LogP contribution is -2.50. The van der Waals surface area contributed by atoms with Crippen LogP contribution >= 0.6 is 0 Å². The second-order valence-electron chi connectivity index (χ2n) is 12.8. The highest BCUT2D eigenvalue weighted by Crippen LogP contribution is 2.41. The van der Waals surface area contributed by atoms with E-state index in [-0.39, 0.29) is 35.7 Å². The maximum atomic E-state index is 12.4. The number of ether oxygens (including phenoxy) is 2. The van der Waals surface area contributed by atoms with E-state index in [9.17, 15) is 15.0 Å². The molecule has 1 spiro atoms. The lowest BCUT2D eigenvalue weighted by atomic mass is 9.68. The molecule has 0 saturated carbocycles. The fraction of sp³-hybridized carbons (Fsp3) is 0.647. The summed E-state index contributed by atoms with van der Waals surface area (Å²) >= 11 is 0. The third-order valence-corrected chi connectivity index (χ3v) is 9.78. The first-order valence-corrected chi connectivity index (χ1v) is 16.0. The minimum absolute atomic E-state index is 0.0420. The van der Waals surface area contributed by atoms with Gasteiger partial charge in [0.15, 0.2) is 17.5 Å². The Morgan fingerprint density at radius 2 is 2.09 bits per heavy atom. The van der Waals surface area contributed by atoms with Crippen LogP contribution in [0.3, 0.4) is 0 Å². The van der Waals surface area contributed by atoms with Crippen molar-refractivity contribution in [1.82, 2.24) is 10.6 Å². The van der Waals surface area contributed by atoms with Gasteiger partial charge in [-0.25, -0.2) is 0 Å². The molecule has 43 heavy (non-hydrogen) atoms. The Morgan fingerprint density at radius 1 is 1.23 bits per heavy atom. The number of phenols is 1. The van der Waals surface area contributed by atoms with Crippen LogP contribution in [0.15, 0.2) is 35.3 Å². The van der Waals surface area contributed by atoms with Gasteiger partial charge in [-0.1, -0.05) is 36.5 Å². The first kappa shape index (κ1) is 31.2. The van der Waals surface area contributed by atoms with E-state index >= 15 is 0 Å². The SMILES string of the molecule is CN=C(N)N[C@H]1C=CCC[C@]12C#C[C@H]1CCC[C@@H]3C[C@H](CCN3)Oc3cc(ccc3O)C[C@@H]1[C@@H](OC(C)=O)C[C@@H](O)CC2. The molecule has 6 N–H and O–H groups in total. The lowest BCUT2D eigenvalue weighted by molar-refractivity contribution is -0.152. The van der Waals surface area contributed by atoms with E-state index in [0.29, 0.717) is 43.4 Å². The Kier molecular flexibility index (Phi) is 10.2. The first-order valence-electron chi connectivity index (χ1n) is 16.0. The second kappa shape index (κ2) is 14.0. The highest BCUT2D eigenvalue weighted by atomic mass is 16.5. The van der Waals surface area contributed by atoms with Crippen molar-refractivity contribution in [1.29, 1.82) is 0 Å². The monoisotopic (exact) mass is 592 g/mol. The summed E-state index contributed by atoms with van der Waals surface area (Å²) in [5, 5.41) is 29.1. The highest BCUT2D eigenvalue weighted by Gasteiger charge is 2.41. The van der Waals surface area contributed by atoms with Crippen LogP contribution in [0.25, 0.3) is 0 Å². The van der Waals surface area contributed by atoms with Crippen LogP contribution in [0.2, 0.25) is 0 Å². The fourth-order valence-electron chi connectivity index (χ4n) is 7.41. The number of carbonyl (C=O) groups excluding carboxylic acids is 1. The van der Waals surface area contributed by atoms with Crippen molar-refractivity contribution >= 4 is 11.9 Å². The van der Waals surface area contributed by atoms with Crippen molar-refractivity contribution < 1.29 is 24.5 Å². The molecule has 1 aromatic carbocycles. The molecular weight excluding hydrogens is 544 g/mol. The van der Waals surface area contributed by atoms with Crippen molar-refractivity contribution in [2.75, 3.05) is 13.6 Å². The largest absolute Gasteiger partial charge is 0.504 e. The van der Waals surface area contributed by atoms with Crippen LogP contribution in [-0.2, 0) is 16.0 Å². The van der Waals surface area contributed by atoms with Crippen LogP contribution in [0, 0.1) is 29.1 Å². The van der Waals surface area contributed by atoms with Gasteiger partial charge in [-0.15, -0.1) is 0 Å². The molecule has 8 atom stereocenters. The number of piperidine rings is 1. The van der Waals surface area contributed by atoms with E-state index in [4.69, 9.17) is 15.2 Å². The summed E-state index contributed by atoms with van der Waals surface area (Å²) in [6.07, 6.45) is 11.7. The Morgan fingerprint density at radius 3 is 2.91 bits per heavy atom. The van der Waals surface area contributed by atoms with Crippen LogP contribution in [0.1, 0.15) is 76.7 Å². The Hall–Kier alpha value is -3.22. The van der Waals surface area contributed by atoms with E-state index in [1.165, 1.54) is 6.92 Å². The van der Waals surface area contributed by atoms with Crippen molar-refractivity contribution in [2.24, 2.45) is 28.0 Å². The molecule has 234 valence electrons. The third-order valence-electron chi connectivity index (χ3n) is 9.78. The quantitative estimate of drug-likeness (QED) is 0.116. The second-order valence-corrected chi connectivity index (χ2v) is 12.8. The molecule has 4 aliphatic rings. The number of aliphatic imine (C=N–C) groups is 1. The molecule has 2 aliphatic carbocycles. The third kappa shape index (κ3) is 7.84. The number of carbonyl (C=O) groups is 1. The van der Waals surface area contributed by atoms with Gasteiger partial charge in [-0.05, 0) is 82.0 Å². The first-order chi connectivity index (χ1) is 20.7. The normalized spacial score (nSPS) is 35.0. The molecule has 0 amide bonds. The Balaban J connectivity index is 1.58. The van der Waals surface area contributed by atoms with Gasteiger partial charge in [-0.2, -0.15) is 0 Å². The van der Waals surface area contributed by atoms with E-state index in [2.05, 4.69) is 39.6 Å². The van der Waals surface area contributed by atoms with Crippen LogP contribution in [0.4, 0.5) is 0 Å². The number of rotatable bonds is 2. The molecule has 1 fully saturated rings. The summed E-state index contributed by atoms with van der Waals surface area (Å²) in [7, 11) is 1.67. The van der Waals surface area contributed by atoms with Gasteiger partial charge in [0.05, 0.1) is 17.6 Å². The van der Waals surface area contributed by atoms with Gasteiger partial charge in [0.2, 0.25) is 0 Å². The summed E-state index contributed by atoms with van der Waals surface area (Å²) in [6.45, 7) is 2.31. The molecule has 5 rings (SSSR count). The highest BCUT2D eigenvalue weighted by molar-refractivity contribution is 5.78. The minimum Gasteiger partial charge on any atom is -0.504 e. The number of nitrogens with one attached hydrogen (secondary N) is 2. The maximum absolute atomic E-state index is 12.4. The standard InChI is InChI=1S/C34H48N4O5/c1-22(39)42-30-21-26(40)12-16-34(14-4-3-8-32(34)38-33(35)36-2)15-11-24-6-5-7-25-20-27(13-17-37-25)43-31-19-23(18-28(24)30)9-10-29(31)41/h3,8-10,19,24-28,30,32,37,40-41H,4-7,12-14,16-18,20-21H2,1-2H3,(H3,35,36,38)/t24-,25-,26+,27+,28+,30+,32+,34-/m1/s1. The van der Waals surface area contributed by atoms with Crippen molar-refractivity contribution in [3.8, 4) is 23.3 Å². The van der Waals surface area contributed by atoms with Gasteiger partial charge in [-0.3, -0.25) is 9.79 Å². The number of guanidine groups is 1. The van der Waals surface area contributed by atoms with Crippen LogP contribution < -0.4 is 21.1 Å². The van der Waals surface area contributed by atoms with E-state index in [0.717, 1.165) is 57.1 Å². The number of aromatic hydroxyl groups is 1. The molecule has 2 heterocycles. The number of aliphatic hydroxyl groups is 1. The summed E-state index contributed by atoms with van der Waals surface area (Å²) < 4.78 is 12.3. The smallest absolute Gasteiger partial charge is 0.302 e. The molecule has 0 aromatic heterocycles. The van der Waals surface area contributed by atoms with Gasteiger partial charge in [0, 0.05) is 38.3 Å². The van der Waals surface area contributed by atoms with Gasteiger partial charge < -0.3 is 36.1 Å². The molecule has 0 unspecified atom stereocenters.